The van der Waals surface area contributed by atoms with E-state index in [1.807, 2.05) is 0 Å². The highest BCUT2D eigenvalue weighted by atomic mass is 16.5. The van der Waals surface area contributed by atoms with Crippen molar-refractivity contribution in [3.63, 3.8) is 0 Å². The SMILES string of the molecule is CCOC(=O)c1coc(NCCCCCO)n1. The van der Waals surface area contributed by atoms with Gasteiger partial charge in [-0.1, -0.05) is 0 Å². The Hall–Kier alpha value is -1.56. The highest BCUT2D eigenvalue weighted by Gasteiger charge is 2.12. The maximum absolute atomic E-state index is 11.3. The summed E-state index contributed by atoms with van der Waals surface area (Å²) in [4.78, 5) is 15.2. The molecule has 0 aliphatic carbocycles. The van der Waals surface area contributed by atoms with Gasteiger partial charge in [-0.25, -0.2) is 4.79 Å². The molecule has 1 aromatic rings. The maximum Gasteiger partial charge on any atom is 0.360 e. The second kappa shape index (κ2) is 7.67. The van der Waals surface area contributed by atoms with E-state index >= 15 is 0 Å². The first-order chi connectivity index (χ1) is 8.27. The standard InChI is InChI=1S/C11H18N2O4/c1-2-16-10(15)9-8-17-11(13-9)12-6-4-3-5-7-14/h8,14H,2-7H2,1H3,(H,12,13). The summed E-state index contributed by atoms with van der Waals surface area (Å²) in [6.45, 7) is 2.96. The first-order valence-corrected chi connectivity index (χ1v) is 5.75. The van der Waals surface area contributed by atoms with E-state index in [2.05, 4.69) is 10.3 Å². The molecule has 0 radical (unpaired) electrons. The van der Waals surface area contributed by atoms with Gasteiger partial charge in [0, 0.05) is 13.2 Å². The van der Waals surface area contributed by atoms with Gasteiger partial charge in [-0.2, -0.15) is 4.98 Å². The predicted molar refractivity (Wildman–Crippen MR) is 61.9 cm³/mol. The van der Waals surface area contributed by atoms with Gasteiger partial charge in [-0.15, -0.1) is 0 Å². The summed E-state index contributed by atoms with van der Waals surface area (Å²) in [5, 5.41) is 11.5. The largest absolute Gasteiger partial charge is 0.461 e. The van der Waals surface area contributed by atoms with Crippen molar-refractivity contribution in [2.45, 2.75) is 26.2 Å². The van der Waals surface area contributed by atoms with Gasteiger partial charge in [0.05, 0.1) is 6.61 Å². The van der Waals surface area contributed by atoms with E-state index in [1.165, 1.54) is 6.26 Å². The Balaban J connectivity index is 2.28. The summed E-state index contributed by atoms with van der Waals surface area (Å²) >= 11 is 0. The number of aliphatic hydroxyl groups is 1. The summed E-state index contributed by atoms with van der Waals surface area (Å²) in [6, 6.07) is 0.317. The minimum absolute atomic E-state index is 0.171. The Kier molecular flexibility index (Phi) is 6.09. The molecule has 0 spiro atoms. The first-order valence-electron chi connectivity index (χ1n) is 5.75. The van der Waals surface area contributed by atoms with E-state index < -0.39 is 5.97 Å². The molecule has 0 saturated carbocycles. The number of hydrogen-bond acceptors (Lipinski definition) is 6. The van der Waals surface area contributed by atoms with Gasteiger partial charge in [0.1, 0.15) is 6.26 Å². The molecular weight excluding hydrogens is 224 g/mol. The fourth-order valence-corrected chi connectivity index (χ4v) is 1.26. The minimum atomic E-state index is -0.482. The number of unbranched alkanes of at least 4 members (excludes halogenated alkanes) is 2. The number of ether oxygens (including phenoxy) is 1. The van der Waals surface area contributed by atoms with Gasteiger partial charge < -0.3 is 19.6 Å². The Morgan fingerprint density at radius 3 is 3.06 bits per heavy atom. The number of nitrogens with zero attached hydrogens (tertiary/aromatic N) is 1. The van der Waals surface area contributed by atoms with Gasteiger partial charge in [0.2, 0.25) is 0 Å². The Morgan fingerprint density at radius 1 is 1.53 bits per heavy atom. The number of oxazole rings is 1. The zero-order valence-corrected chi connectivity index (χ0v) is 9.94. The van der Waals surface area contributed by atoms with Crippen LogP contribution in [0.2, 0.25) is 0 Å². The monoisotopic (exact) mass is 242 g/mol. The topological polar surface area (TPSA) is 84.6 Å². The molecule has 0 aliphatic rings. The molecule has 96 valence electrons. The lowest BCUT2D eigenvalue weighted by atomic mass is 10.2. The molecule has 0 unspecified atom stereocenters. The average Bonchev–Trinajstić information content (AvgIpc) is 2.78. The van der Waals surface area contributed by atoms with Crippen molar-refractivity contribution in [2.24, 2.45) is 0 Å². The molecule has 2 N–H and O–H groups in total. The summed E-state index contributed by atoms with van der Waals surface area (Å²) in [5.41, 5.74) is 0.171. The third kappa shape index (κ3) is 4.86. The number of carbonyl (C=O) groups is 1. The van der Waals surface area contributed by atoms with Gasteiger partial charge in [-0.3, -0.25) is 0 Å². The van der Waals surface area contributed by atoms with Crippen molar-refractivity contribution < 1.29 is 19.1 Å². The summed E-state index contributed by atoms with van der Waals surface area (Å²) in [6.07, 6.45) is 3.92. The van der Waals surface area contributed by atoms with Crippen molar-refractivity contribution in [3.05, 3.63) is 12.0 Å². The van der Waals surface area contributed by atoms with Crippen molar-refractivity contribution in [3.8, 4) is 0 Å². The number of rotatable bonds is 8. The van der Waals surface area contributed by atoms with Crippen LogP contribution >= 0.6 is 0 Å². The Labute approximate surface area is 100.0 Å². The summed E-state index contributed by atoms with van der Waals surface area (Å²) in [7, 11) is 0. The van der Waals surface area contributed by atoms with Crippen LogP contribution in [0.5, 0.6) is 0 Å². The maximum atomic E-state index is 11.3. The lowest BCUT2D eigenvalue weighted by Crippen LogP contribution is -2.06. The smallest absolute Gasteiger partial charge is 0.360 e. The molecule has 17 heavy (non-hydrogen) atoms. The first kappa shape index (κ1) is 13.5. The zero-order valence-electron chi connectivity index (χ0n) is 9.94. The lowest BCUT2D eigenvalue weighted by molar-refractivity contribution is 0.0519. The number of carbonyl (C=O) groups excluding carboxylic acids is 1. The van der Waals surface area contributed by atoms with E-state index in [-0.39, 0.29) is 12.3 Å². The third-order valence-electron chi connectivity index (χ3n) is 2.10. The van der Waals surface area contributed by atoms with Crippen LogP contribution in [-0.4, -0.2) is 35.8 Å². The molecule has 0 aliphatic heterocycles. The molecular formula is C11H18N2O4. The zero-order chi connectivity index (χ0) is 12.5. The lowest BCUT2D eigenvalue weighted by Gasteiger charge is -2.00. The molecule has 0 saturated heterocycles. The number of anilines is 1. The fourth-order valence-electron chi connectivity index (χ4n) is 1.26. The molecule has 0 fully saturated rings. The quantitative estimate of drug-likeness (QED) is 0.530. The number of esters is 1. The minimum Gasteiger partial charge on any atom is -0.461 e. The number of nitrogens with one attached hydrogen (secondary N) is 1. The van der Waals surface area contributed by atoms with E-state index in [0.717, 1.165) is 19.3 Å². The van der Waals surface area contributed by atoms with Crippen LogP contribution < -0.4 is 5.32 Å². The predicted octanol–water partition coefficient (Wildman–Crippen LogP) is 1.43. The van der Waals surface area contributed by atoms with E-state index in [1.54, 1.807) is 6.92 Å². The molecule has 1 aromatic heterocycles. The molecule has 0 bridgehead atoms. The van der Waals surface area contributed by atoms with Crippen LogP contribution in [-0.2, 0) is 4.74 Å². The van der Waals surface area contributed by atoms with Crippen LogP contribution in [0.3, 0.4) is 0 Å². The van der Waals surface area contributed by atoms with E-state index in [4.69, 9.17) is 14.3 Å². The van der Waals surface area contributed by atoms with Gasteiger partial charge in [-0.05, 0) is 26.2 Å². The van der Waals surface area contributed by atoms with Crippen molar-refractivity contribution in [1.29, 1.82) is 0 Å². The van der Waals surface area contributed by atoms with E-state index in [9.17, 15) is 4.79 Å². The van der Waals surface area contributed by atoms with Crippen molar-refractivity contribution in [1.82, 2.24) is 4.98 Å². The molecule has 1 heterocycles. The number of hydrogen-bond donors (Lipinski definition) is 2. The summed E-state index contributed by atoms with van der Waals surface area (Å²) in [5.74, 6) is -0.482. The van der Waals surface area contributed by atoms with Crippen LogP contribution in [0.1, 0.15) is 36.7 Å². The molecule has 0 atom stereocenters. The van der Waals surface area contributed by atoms with Gasteiger partial charge in [0.25, 0.3) is 6.01 Å². The second-order valence-electron chi connectivity index (χ2n) is 3.47. The molecule has 6 heteroatoms. The molecule has 6 nitrogen and oxygen atoms in total. The Morgan fingerprint density at radius 2 is 2.35 bits per heavy atom. The highest BCUT2D eigenvalue weighted by molar-refractivity contribution is 5.87. The molecule has 0 aromatic carbocycles. The van der Waals surface area contributed by atoms with Crippen molar-refractivity contribution >= 4 is 12.0 Å². The van der Waals surface area contributed by atoms with E-state index in [0.29, 0.717) is 19.2 Å². The average molecular weight is 242 g/mol. The second-order valence-corrected chi connectivity index (χ2v) is 3.47. The van der Waals surface area contributed by atoms with Gasteiger partial charge in [0.15, 0.2) is 5.69 Å². The van der Waals surface area contributed by atoms with Crippen LogP contribution in [0.4, 0.5) is 6.01 Å². The highest BCUT2D eigenvalue weighted by Crippen LogP contribution is 2.09. The number of aromatic nitrogens is 1. The number of aliphatic hydroxyl groups excluding tert-OH is 1. The Bertz CT molecular complexity index is 338. The van der Waals surface area contributed by atoms with Crippen molar-refractivity contribution in [2.75, 3.05) is 25.1 Å². The van der Waals surface area contributed by atoms with Gasteiger partial charge >= 0.3 is 5.97 Å². The van der Waals surface area contributed by atoms with Crippen LogP contribution in [0.25, 0.3) is 0 Å². The normalized spacial score (nSPS) is 10.2. The van der Waals surface area contributed by atoms with Crippen LogP contribution in [0, 0.1) is 0 Å². The molecule has 0 amide bonds. The third-order valence-corrected chi connectivity index (χ3v) is 2.10. The molecule has 1 rings (SSSR count). The van der Waals surface area contributed by atoms with Crippen LogP contribution in [0.15, 0.2) is 10.7 Å². The fraction of sp³-hybridized carbons (Fsp3) is 0.636. The summed E-state index contributed by atoms with van der Waals surface area (Å²) < 4.78 is 9.85.